The molecule has 0 bridgehead atoms. The predicted molar refractivity (Wildman–Crippen MR) is 278 cm³/mol. The van der Waals surface area contributed by atoms with Crippen molar-refractivity contribution in [2.75, 3.05) is 0 Å². The van der Waals surface area contributed by atoms with Crippen LogP contribution in [0.5, 0.6) is 0 Å². The molecule has 0 saturated heterocycles. The van der Waals surface area contributed by atoms with Crippen molar-refractivity contribution in [1.82, 2.24) is 0 Å². The molecule has 0 aromatic heterocycles. The minimum absolute atomic E-state index is 0. The summed E-state index contributed by atoms with van der Waals surface area (Å²) in [6.07, 6.45) is 56.5. The zero-order chi connectivity index (χ0) is 46.7. The van der Waals surface area contributed by atoms with E-state index in [1.165, 1.54) is 268 Å². The fourth-order valence-corrected chi connectivity index (χ4v) is 9.96. The molecule has 0 amide bonds. The van der Waals surface area contributed by atoms with Crippen molar-refractivity contribution in [1.29, 1.82) is 0 Å². The fourth-order valence-electron chi connectivity index (χ4n) is 8.88. The fraction of sp³-hybridized carbons (Fsp3) is 0.786. The van der Waals surface area contributed by atoms with Crippen LogP contribution in [-0.4, -0.2) is 74.8 Å². The van der Waals surface area contributed by atoms with Gasteiger partial charge in [0.1, 0.15) is 20.2 Å². The van der Waals surface area contributed by atoms with E-state index >= 15 is 0 Å². The number of hydrogen-bond donors (Lipinski definition) is 0. The van der Waals surface area contributed by atoms with Crippen molar-refractivity contribution in [3.05, 3.63) is 59.7 Å². The first kappa shape index (κ1) is 64.8. The summed E-state index contributed by atoms with van der Waals surface area (Å²) >= 11 is 0. The summed E-state index contributed by atoms with van der Waals surface area (Å²) in [5.41, 5.74) is 1.90. The average molecular weight is 1070 g/mol. The van der Waals surface area contributed by atoms with E-state index in [4.69, 9.17) is 0 Å². The van der Waals surface area contributed by atoms with Crippen LogP contribution in [0, 0.1) is 0 Å². The van der Waals surface area contributed by atoms with E-state index < -0.39 is 20.2 Å². The van der Waals surface area contributed by atoms with Gasteiger partial charge in [-0.2, -0.15) is 0 Å². The van der Waals surface area contributed by atoms with Gasteiger partial charge in [0.25, 0.3) is 0 Å². The van der Waals surface area contributed by atoms with Crippen molar-refractivity contribution in [3.8, 4) is 0 Å². The van der Waals surface area contributed by atoms with Crippen LogP contribution in [0.15, 0.2) is 58.3 Å². The van der Waals surface area contributed by atoms with E-state index in [-0.39, 0.29) is 58.7 Å². The maximum atomic E-state index is 11.1. The molecule has 0 saturated carbocycles. The first-order chi connectivity index (χ1) is 31.1. The van der Waals surface area contributed by atoms with Gasteiger partial charge >= 0.3 is 48.9 Å². The van der Waals surface area contributed by atoms with Crippen LogP contribution in [0.4, 0.5) is 0 Å². The maximum Gasteiger partial charge on any atom is 2.00 e. The van der Waals surface area contributed by atoms with E-state index in [1.54, 1.807) is 12.1 Å². The molecule has 65 heavy (non-hydrogen) atoms. The zero-order valence-electron chi connectivity index (χ0n) is 42.3. The minimum atomic E-state index is -4.34. The van der Waals surface area contributed by atoms with Gasteiger partial charge in [-0.3, -0.25) is 0 Å². The van der Waals surface area contributed by atoms with Crippen LogP contribution >= 0.6 is 0 Å². The quantitative estimate of drug-likeness (QED) is 0.0371. The topological polar surface area (TPSA) is 114 Å². The summed E-state index contributed by atoms with van der Waals surface area (Å²) in [7, 11) is -8.68. The molecule has 0 heterocycles. The minimum Gasteiger partial charge on any atom is -0.744 e. The van der Waals surface area contributed by atoms with Gasteiger partial charge in [0, 0.05) is 0 Å². The van der Waals surface area contributed by atoms with E-state index in [2.05, 4.69) is 13.8 Å². The molecule has 0 aliphatic rings. The molecular weight excluding hydrogens is 970 g/mol. The van der Waals surface area contributed by atoms with E-state index in [0.717, 1.165) is 36.8 Å². The van der Waals surface area contributed by atoms with Gasteiger partial charge in [-0.05, 0) is 61.1 Å². The molecule has 2 aromatic carbocycles. The molecule has 0 spiro atoms. The Kier molecular flexibility index (Phi) is 46.1. The van der Waals surface area contributed by atoms with Gasteiger partial charge in [-0.15, -0.1) is 0 Å². The molecule has 0 atom stereocenters. The molecule has 0 radical (unpaired) electrons. The Hall–Kier alpha value is -0.169. The molecule has 0 N–H and O–H groups in total. The Morgan fingerprint density at radius 1 is 0.308 bits per heavy atom. The third-order valence-electron chi connectivity index (χ3n) is 13.0. The molecule has 0 unspecified atom stereocenters. The summed E-state index contributed by atoms with van der Waals surface area (Å²) in [6, 6.07) is 12.9. The first-order valence-corrected chi connectivity index (χ1v) is 30.0. The summed E-state index contributed by atoms with van der Waals surface area (Å²) in [5.74, 6) is 0. The summed E-state index contributed by atoms with van der Waals surface area (Å²) in [6.45, 7) is 4.56. The molecule has 0 aliphatic heterocycles. The number of benzene rings is 2. The maximum absolute atomic E-state index is 11.1. The molecule has 2 aromatic rings. The van der Waals surface area contributed by atoms with Crippen molar-refractivity contribution < 1.29 is 25.9 Å². The first-order valence-electron chi connectivity index (χ1n) is 27.2. The third-order valence-corrected chi connectivity index (χ3v) is 14.7. The van der Waals surface area contributed by atoms with E-state index in [1.807, 2.05) is 12.1 Å². The van der Waals surface area contributed by atoms with Gasteiger partial charge in [0.05, 0.1) is 9.79 Å². The largest absolute Gasteiger partial charge is 2.00 e. The second kappa shape index (κ2) is 46.2. The van der Waals surface area contributed by atoms with E-state index in [0.29, 0.717) is 0 Å². The van der Waals surface area contributed by atoms with Gasteiger partial charge in [0.15, 0.2) is 0 Å². The van der Waals surface area contributed by atoms with Crippen molar-refractivity contribution in [3.63, 3.8) is 0 Å². The Labute approximate surface area is 443 Å². The zero-order valence-corrected chi connectivity index (χ0v) is 48.4. The van der Waals surface area contributed by atoms with Crippen molar-refractivity contribution in [2.24, 2.45) is 0 Å². The van der Waals surface area contributed by atoms with E-state index in [9.17, 15) is 25.9 Å². The molecule has 0 fully saturated rings. The molecule has 6 nitrogen and oxygen atoms in total. The average Bonchev–Trinajstić information content (AvgIpc) is 3.27. The molecule has 372 valence electrons. The number of aryl methyl sites for hydroxylation is 2. The Morgan fingerprint density at radius 3 is 0.677 bits per heavy atom. The second-order valence-corrected chi connectivity index (χ2v) is 21.9. The SMILES string of the molecule is CCCCCCCCCCCCCCCCCCCCCCc1cccc(S(=O)(=O)[O-])c1.CCCCCCCCCCCCCCCCCCCCCCc1cccc(S(=O)(=O)[O-])c1.[Ba+2]. The monoisotopic (exact) mass is 1070 g/mol. The summed E-state index contributed by atoms with van der Waals surface area (Å²) < 4.78 is 66.5. The van der Waals surface area contributed by atoms with Crippen LogP contribution in [-0.2, 0) is 33.1 Å². The Bertz CT molecular complexity index is 1430. The summed E-state index contributed by atoms with van der Waals surface area (Å²) in [5, 5.41) is 0. The van der Waals surface area contributed by atoms with Gasteiger partial charge < -0.3 is 9.11 Å². The predicted octanol–water partition coefficient (Wildman–Crippen LogP) is 17.5. The third kappa shape index (κ3) is 42.4. The van der Waals surface area contributed by atoms with Crippen LogP contribution in [0.25, 0.3) is 0 Å². The van der Waals surface area contributed by atoms with Crippen LogP contribution < -0.4 is 0 Å². The second-order valence-electron chi connectivity index (χ2n) is 19.1. The van der Waals surface area contributed by atoms with Gasteiger partial charge in [0.2, 0.25) is 0 Å². The standard InChI is InChI=1S/2C28H50O3S.Ba/c2*1-2-3-4-5-6-7-8-9-10-11-12-13-14-15-16-17-18-19-20-21-23-27-24-22-25-28(26-27)32(29,30)31;/h2*22,24-26H,2-21,23H2,1H3,(H,29,30,31);/q;;+2/p-2. The smallest absolute Gasteiger partial charge is 0.744 e. The van der Waals surface area contributed by atoms with Crippen LogP contribution in [0.2, 0.25) is 0 Å². The summed E-state index contributed by atoms with van der Waals surface area (Å²) in [4.78, 5) is -0.216. The van der Waals surface area contributed by atoms with Crippen LogP contribution in [0.1, 0.15) is 282 Å². The normalized spacial score (nSPS) is 11.6. The molecule has 2 rings (SSSR count). The molecule has 0 aliphatic carbocycles. The number of rotatable bonds is 44. The van der Waals surface area contributed by atoms with Gasteiger partial charge in [-0.25, -0.2) is 16.8 Å². The van der Waals surface area contributed by atoms with Gasteiger partial charge in [-0.1, -0.05) is 282 Å². The van der Waals surface area contributed by atoms with Crippen LogP contribution in [0.3, 0.4) is 0 Å². The number of hydrogen-bond acceptors (Lipinski definition) is 6. The van der Waals surface area contributed by atoms with Crippen molar-refractivity contribution >= 4 is 69.1 Å². The Morgan fingerprint density at radius 2 is 0.492 bits per heavy atom. The number of unbranched alkanes of at least 4 members (excludes halogenated alkanes) is 38. The van der Waals surface area contributed by atoms with Crippen molar-refractivity contribution in [2.45, 2.75) is 293 Å². The molecule has 9 heteroatoms. The molecular formula is C56H98BaO6S2. The Balaban J connectivity index is 0.00000124.